The molecule has 1 atom stereocenters. The van der Waals surface area contributed by atoms with Crippen LogP contribution >= 0.6 is 15.9 Å². The molecule has 2 aromatic carbocycles. The third-order valence-corrected chi connectivity index (χ3v) is 5.31. The number of aromatic amines is 1. The highest BCUT2D eigenvalue weighted by Gasteiger charge is 2.23. The lowest BCUT2D eigenvalue weighted by atomic mass is 10.2. The molecule has 0 aliphatic heterocycles. The molecule has 0 aliphatic rings. The third kappa shape index (κ3) is 2.20. The number of fused-ring (bicyclic) bond motifs is 1. The van der Waals surface area contributed by atoms with Crippen LogP contribution in [0.5, 0.6) is 0 Å². The Kier molecular flexibility index (Phi) is 3.39. The molecular formula is C15H12BrNOS. The normalized spacial score (nSPS) is 12.8. The summed E-state index contributed by atoms with van der Waals surface area (Å²) in [6.45, 7) is 1.96. The molecule has 19 heavy (non-hydrogen) atoms. The number of nitrogens with one attached hydrogen (secondary N) is 1. The number of aromatic nitrogens is 1. The third-order valence-electron chi connectivity index (χ3n) is 3.05. The number of para-hydroxylation sites is 1. The van der Waals surface area contributed by atoms with Gasteiger partial charge in [-0.1, -0.05) is 24.3 Å². The van der Waals surface area contributed by atoms with Crippen LogP contribution < -0.4 is 0 Å². The van der Waals surface area contributed by atoms with Gasteiger partial charge in [0.25, 0.3) is 0 Å². The van der Waals surface area contributed by atoms with E-state index in [2.05, 4.69) is 20.9 Å². The fourth-order valence-electron chi connectivity index (χ4n) is 2.19. The van der Waals surface area contributed by atoms with Crippen molar-refractivity contribution in [3.8, 4) is 0 Å². The maximum Gasteiger partial charge on any atom is 0.186 e. The van der Waals surface area contributed by atoms with Gasteiger partial charge in [-0.2, -0.15) is 0 Å². The summed E-state index contributed by atoms with van der Waals surface area (Å²) >= 11 is 2.36. The standard InChI is InChI=1S/C15H12BrNOS/c1-10-15(19(18)11-6-3-2-4-7-11)12-8-5-9-13(16)14(12)17-10/h2-9,17H,1H3. The van der Waals surface area contributed by atoms with Crippen molar-refractivity contribution in [2.24, 2.45) is 0 Å². The first-order valence-electron chi connectivity index (χ1n) is 5.92. The molecule has 0 bridgehead atoms. The van der Waals surface area contributed by atoms with Crippen molar-refractivity contribution in [2.75, 3.05) is 0 Å². The van der Waals surface area contributed by atoms with Gasteiger partial charge < -0.3 is 9.54 Å². The van der Waals surface area contributed by atoms with Crippen molar-refractivity contribution in [1.82, 2.24) is 4.98 Å². The SMILES string of the molecule is Cc1[nH]c2c(Br)cccc2c1[S+]([O-])c1ccccc1. The molecule has 0 amide bonds. The zero-order valence-electron chi connectivity index (χ0n) is 10.3. The Morgan fingerprint density at radius 2 is 1.79 bits per heavy atom. The van der Waals surface area contributed by atoms with Crippen LogP contribution in [-0.2, 0) is 11.2 Å². The number of halogens is 1. The fraction of sp³-hybridized carbons (Fsp3) is 0.0667. The van der Waals surface area contributed by atoms with E-state index in [0.717, 1.165) is 30.9 Å². The summed E-state index contributed by atoms with van der Waals surface area (Å²) in [5.74, 6) is 0. The van der Waals surface area contributed by atoms with Crippen molar-refractivity contribution in [1.29, 1.82) is 0 Å². The van der Waals surface area contributed by atoms with Gasteiger partial charge >= 0.3 is 0 Å². The highest BCUT2D eigenvalue weighted by atomic mass is 79.9. The maximum absolute atomic E-state index is 12.7. The van der Waals surface area contributed by atoms with Crippen LogP contribution in [0.3, 0.4) is 0 Å². The van der Waals surface area contributed by atoms with Gasteiger partial charge in [0.05, 0.1) is 16.6 Å². The molecular weight excluding hydrogens is 322 g/mol. The molecule has 1 heterocycles. The van der Waals surface area contributed by atoms with E-state index in [9.17, 15) is 4.55 Å². The molecule has 0 radical (unpaired) electrons. The largest absolute Gasteiger partial charge is 0.606 e. The lowest BCUT2D eigenvalue weighted by Gasteiger charge is -2.09. The van der Waals surface area contributed by atoms with E-state index in [-0.39, 0.29) is 0 Å². The van der Waals surface area contributed by atoms with Gasteiger partial charge in [-0.15, -0.1) is 0 Å². The van der Waals surface area contributed by atoms with Crippen molar-refractivity contribution >= 4 is 38.0 Å². The van der Waals surface area contributed by atoms with Gasteiger partial charge in [0, 0.05) is 15.6 Å². The van der Waals surface area contributed by atoms with E-state index >= 15 is 0 Å². The van der Waals surface area contributed by atoms with Crippen LogP contribution in [0.4, 0.5) is 0 Å². The van der Waals surface area contributed by atoms with Gasteiger partial charge in [-0.05, 0) is 47.1 Å². The van der Waals surface area contributed by atoms with Crippen molar-refractivity contribution < 1.29 is 4.55 Å². The molecule has 3 aromatic rings. The van der Waals surface area contributed by atoms with Crippen LogP contribution in [0.15, 0.2) is 62.8 Å². The molecule has 96 valence electrons. The summed E-state index contributed by atoms with van der Waals surface area (Å²) in [5, 5.41) is 1.01. The first-order chi connectivity index (χ1) is 9.18. The summed E-state index contributed by atoms with van der Waals surface area (Å²) in [6.07, 6.45) is 0. The molecule has 1 N–H and O–H groups in total. The number of hydrogen-bond donors (Lipinski definition) is 1. The topological polar surface area (TPSA) is 38.8 Å². The van der Waals surface area contributed by atoms with Crippen molar-refractivity contribution in [3.05, 3.63) is 58.7 Å². The lowest BCUT2D eigenvalue weighted by Crippen LogP contribution is -2.02. The Bertz CT molecular complexity index is 724. The molecule has 0 saturated heterocycles. The Labute approximate surface area is 123 Å². The van der Waals surface area contributed by atoms with Gasteiger partial charge in [0.15, 0.2) is 9.79 Å². The highest BCUT2D eigenvalue weighted by Crippen LogP contribution is 2.34. The second kappa shape index (κ2) is 5.04. The predicted molar refractivity (Wildman–Crippen MR) is 81.9 cm³/mol. The van der Waals surface area contributed by atoms with Crippen molar-refractivity contribution in [3.63, 3.8) is 0 Å². The number of hydrogen-bond acceptors (Lipinski definition) is 1. The Hall–Kier alpha value is -1.23. The van der Waals surface area contributed by atoms with Gasteiger partial charge in [-0.3, -0.25) is 0 Å². The molecule has 3 rings (SSSR count). The molecule has 0 aliphatic carbocycles. The zero-order chi connectivity index (χ0) is 13.4. The van der Waals surface area contributed by atoms with E-state index in [1.807, 2.05) is 55.5 Å². The summed E-state index contributed by atoms with van der Waals surface area (Å²) in [4.78, 5) is 4.99. The number of H-pyrrole nitrogens is 1. The van der Waals surface area contributed by atoms with E-state index < -0.39 is 11.2 Å². The van der Waals surface area contributed by atoms with Gasteiger partial charge in [0.2, 0.25) is 0 Å². The average molecular weight is 334 g/mol. The minimum atomic E-state index is -1.16. The summed E-state index contributed by atoms with van der Waals surface area (Å²) < 4.78 is 13.7. The molecule has 1 aromatic heterocycles. The molecule has 2 nitrogen and oxygen atoms in total. The minimum Gasteiger partial charge on any atom is -0.606 e. The number of rotatable bonds is 2. The van der Waals surface area contributed by atoms with Crippen LogP contribution in [-0.4, -0.2) is 9.54 Å². The van der Waals surface area contributed by atoms with E-state index in [4.69, 9.17) is 0 Å². The van der Waals surface area contributed by atoms with E-state index in [1.165, 1.54) is 0 Å². The maximum atomic E-state index is 12.7. The molecule has 0 fully saturated rings. The minimum absolute atomic E-state index is 0.825. The average Bonchev–Trinajstić information content (AvgIpc) is 2.77. The monoisotopic (exact) mass is 333 g/mol. The van der Waals surface area contributed by atoms with Gasteiger partial charge in [0.1, 0.15) is 0 Å². The van der Waals surface area contributed by atoms with Crippen LogP contribution in [0.25, 0.3) is 10.9 Å². The lowest BCUT2D eigenvalue weighted by molar-refractivity contribution is 0.595. The molecule has 4 heteroatoms. The zero-order valence-corrected chi connectivity index (χ0v) is 12.7. The molecule has 1 unspecified atom stereocenters. The smallest absolute Gasteiger partial charge is 0.186 e. The first-order valence-corrected chi connectivity index (χ1v) is 7.86. The highest BCUT2D eigenvalue weighted by molar-refractivity contribution is 9.10. The predicted octanol–water partition coefficient (Wildman–Crippen LogP) is 4.41. The first kappa shape index (κ1) is 12.8. The Morgan fingerprint density at radius 1 is 1.05 bits per heavy atom. The quantitative estimate of drug-likeness (QED) is 0.693. The summed E-state index contributed by atoms with van der Waals surface area (Å²) in [7, 11) is 0. The molecule has 0 spiro atoms. The number of benzene rings is 2. The fourth-order valence-corrected chi connectivity index (χ4v) is 3.99. The van der Waals surface area contributed by atoms with Gasteiger partial charge in [-0.25, -0.2) is 0 Å². The molecule has 0 saturated carbocycles. The Balaban J connectivity index is 2.20. The Morgan fingerprint density at radius 3 is 2.53 bits per heavy atom. The summed E-state index contributed by atoms with van der Waals surface area (Å²) in [6, 6.07) is 15.5. The summed E-state index contributed by atoms with van der Waals surface area (Å²) in [5.41, 5.74) is 1.95. The van der Waals surface area contributed by atoms with Crippen LogP contribution in [0, 0.1) is 6.92 Å². The van der Waals surface area contributed by atoms with E-state index in [0.29, 0.717) is 0 Å². The second-order valence-corrected chi connectivity index (χ2v) is 6.59. The number of aryl methyl sites for hydroxylation is 1. The van der Waals surface area contributed by atoms with Crippen molar-refractivity contribution in [2.45, 2.75) is 16.7 Å². The van der Waals surface area contributed by atoms with Crippen LogP contribution in [0.1, 0.15) is 5.69 Å². The van der Waals surface area contributed by atoms with Crippen LogP contribution in [0.2, 0.25) is 0 Å². The van der Waals surface area contributed by atoms with E-state index in [1.54, 1.807) is 0 Å². The second-order valence-electron chi connectivity index (χ2n) is 4.32.